The maximum atomic E-state index is 12.6. The summed E-state index contributed by atoms with van der Waals surface area (Å²) in [7, 11) is 1.75. The minimum Gasteiger partial charge on any atom is -0.364 e. The van der Waals surface area contributed by atoms with Gasteiger partial charge in [-0.25, -0.2) is 23.7 Å². The lowest BCUT2D eigenvalue weighted by atomic mass is 9.88. The van der Waals surface area contributed by atoms with Crippen molar-refractivity contribution in [1.29, 1.82) is 0 Å². The number of rotatable bonds is 6. The summed E-state index contributed by atoms with van der Waals surface area (Å²) in [6, 6.07) is 1.57. The van der Waals surface area contributed by atoms with Crippen molar-refractivity contribution in [3.8, 4) is 11.4 Å². The molecule has 0 bridgehead atoms. The second kappa shape index (κ2) is 8.48. The Morgan fingerprint density at radius 3 is 2.81 bits per heavy atom. The Labute approximate surface area is 154 Å². The van der Waals surface area contributed by atoms with Gasteiger partial charge >= 0.3 is 0 Å². The molecule has 2 aromatic heterocycles. The Morgan fingerprint density at radius 2 is 2.08 bits per heavy atom. The fraction of sp³-hybridized carbons (Fsp3) is 0.529. The van der Waals surface area contributed by atoms with Gasteiger partial charge in [0.1, 0.15) is 17.8 Å². The fourth-order valence-electron chi connectivity index (χ4n) is 3.03. The predicted molar refractivity (Wildman–Crippen MR) is 97.6 cm³/mol. The van der Waals surface area contributed by atoms with Crippen molar-refractivity contribution in [2.24, 2.45) is 5.92 Å². The first-order valence-electron chi connectivity index (χ1n) is 8.62. The molecule has 0 unspecified atom stereocenters. The van der Waals surface area contributed by atoms with E-state index in [0.717, 1.165) is 25.7 Å². The fourth-order valence-corrected chi connectivity index (χ4v) is 3.82. The number of hydrogen-bond acceptors (Lipinski definition) is 6. The highest BCUT2D eigenvalue weighted by atomic mass is 32.1. The topological polar surface area (TPSA) is 71.0 Å². The van der Waals surface area contributed by atoms with E-state index in [1.54, 1.807) is 23.4 Å². The van der Waals surface area contributed by atoms with Crippen LogP contribution in [0.2, 0.25) is 0 Å². The molecule has 0 aliphatic heterocycles. The van der Waals surface area contributed by atoms with Gasteiger partial charge in [0.25, 0.3) is 6.43 Å². The van der Waals surface area contributed by atoms with Crippen LogP contribution in [-0.2, 0) is 4.79 Å². The molecular weight excluding hydrogens is 360 g/mol. The molecule has 0 aromatic carbocycles. The number of nitrogens with zero attached hydrogens (tertiary/aromatic N) is 4. The molecule has 0 atom stereocenters. The molecule has 6 nitrogen and oxygen atoms in total. The van der Waals surface area contributed by atoms with E-state index in [1.165, 1.54) is 24.1 Å². The smallest absolute Gasteiger partial charge is 0.255 e. The van der Waals surface area contributed by atoms with E-state index in [0.29, 0.717) is 22.3 Å². The van der Waals surface area contributed by atoms with E-state index >= 15 is 0 Å². The minimum atomic E-state index is -2.46. The third kappa shape index (κ3) is 4.51. The van der Waals surface area contributed by atoms with E-state index in [2.05, 4.69) is 20.3 Å². The van der Waals surface area contributed by atoms with Gasteiger partial charge in [0.2, 0.25) is 5.91 Å². The summed E-state index contributed by atoms with van der Waals surface area (Å²) in [4.78, 5) is 26.8. The molecule has 1 amide bonds. The summed E-state index contributed by atoms with van der Waals surface area (Å²) >= 11 is 1.36. The Kier molecular flexibility index (Phi) is 6.08. The molecule has 2 aromatic rings. The van der Waals surface area contributed by atoms with Crippen LogP contribution in [0.15, 0.2) is 17.8 Å². The van der Waals surface area contributed by atoms with Crippen LogP contribution in [0.3, 0.4) is 0 Å². The molecule has 1 fully saturated rings. The van der Waals surface area contributed by atoms with Crippen LogP contribution in [0, 0.1) is 5.92 Å². The van der Waals surface area contributed by atoms with Gasteiger partial charge in [-0.15, -0.1) is 11.3 Å². The molecule has 1 aliphatic rings. The number of thiazole rings is 1. The van der Waals surface area contributed by atoms with Crippen LogP contribution in [0.5, 0.6) is 0 Å². The summed E-state index contributed by atoms with van der Waals surface area (Å²) in [5, 5.41) is 4.97. The van der Waals surface area contributed by atoms with Crippen molar-refractivity contribution in [1.82, 2.24) is 15.0 Å². The zero-order valence-corrected chi connectivity index (χ0v) is 15.3. The second-order valence-corrected chi connectivity index (χ2v) is 7.14. The highest BCUT2D eigenvalue weighted by Gasteiger charge is 2.26. The van der Waals surface area contributed by atoms with Crippen LogP contribution in [-0.4, -0.2) is 40.9 Å². The van der Waals surface area contributed by atoms with E-state index in [-0.39, 0.29) is 11.8 Å². The van der Waals surface area contributed by atoms with Crippen LogP contribution >= 0.6 is 11.3 Å². The number of carbonyl (C=O) groups excluding carboxylic acids is 1. The van der Waals surface area contributed by atoms with Gasteiger partial charge in [0.05, 0.1) is 12.2 Å². The average Bonchev–Trinajstić information content (AvgIpc) is 3.16. The predicted octanol–water partition coefficient (Wildman–Crippen LogP) is 3.82. The van der Waals surface area contributed by atoms with Crippen molar-refractivity contribution in [2.45, 2.75) is 38.5 Å². The number of hydrogen-bond donors (Lipinski definition) is 1. The molecule has 0 radical (unpaired) electrons. The van der Waals surface area contributed by atoms with Crippen molar-refractivity contribution in [2.75, 3.05) is 23.8 Å². The summed E-state index contributed by atoms with van der Waals surface area (Å²) in [5.41, 5.74) is 1.12. The highest BCUT2D eigenvalue weighted by molar-refractivity contribution is 7.14. The maximum absolute atomic E-state index is 12.6. The molecule has 26 heavy (non-hydrogen) atoms. The normalized spacial score (nSPS) is 15.2. The number of amides is 1. The van der Waals surface area contributed by atoms with Gasteiger partial charge in [0, 0.05) is 24.4 Å². The SMILES string of the molecule is CN(C(=O)C1CCCCC1)c1nc(-c2cc(NCC(F)F)ncn2)cs1. The van der Waals surface area contributed by atoms with Gasteiger partial charge in [0.15, 0.2) is 5.13 Å². The summed E-state index contributed by atoms with van der Waals surface area (Å²) in [6.07, 6.45) is 4.12. The van der Waals surface area contributed by atoms with Gasteiger partial charge in [-0.1, -0.05) is 19.3 Å². The lowest BCUT2D eigenvalue weighted by Crippen LogP contribution is -2.33. The molecule has 9 heteroatoms. The Hall–Kier alpha value is -2.16. The lowest BCUT2D eigenvalue weighted by molar-refractivity contribution is -0.123. The van der Waals surface area contributed by atoms with Gasteiger partial charge in [-0.3, -0.25) is 9.69 Å². The zero-order valence-electron chi connectivity index (χ0n) is 14.5. The van der Waals surface area contributed by atoms with E-state index in [9.17, 15) is 13.6 Å². The first kappa shape index (κ1) is 18.6. The number of halogens is 2. The van der Waals surface area contributed by atoms with E-state index < -0.39 is 13.0 Å². The van der Waals surface area contributed by atoms with Gasteiger partial charge in [-0.2, -0.15) is 0 Å². The zero-order chi connectivity index (χ0) is 18.5. The monoisotopic (exact) mass is 381 g/mol. The lowest BCUT2D eigenvalue weighted by Gasteiger charge is -2.24. The largest absolute Gasteiger partial charge is 0.364 e. The Bertz CT molecular complexity index is 748. The van der Waals surface area contributed by atoms with Crippen LogP contribution in [0.4, 0.5) is 19.7 Å². The van der Waals surface area contributed by atoms with Crippen molar-refractivity contribution >= 4 is 28.2 Å². The number of carbonyl (C=O) groups is 1. The standard InChI is InChI=1S/C17H21F2N5OS/c1-24(16(25)11-5-3-2-4-6-11)17-23-13(9-26-17)12-7-15(22-10-21-12)20-8-14(18)19/h7,9-11,14H,2-6,8H2,1H3,(H,20,21,22). The Balaban J connectivity index is 1.71. The van der Waals surface area contributed by atoms with E-state index in [1.807, 2.05) is 0 Å². The molecule has 2 heterocycles. The molecule has 0 saturated heterocycles. The van der Waals surface area contributed by atoms with E-state index in [4.69, 9.17) is 0 Å². The van der Waals surface area contributed by atoms with Crippen LogP contribution in [0.1, 0.15) is 32.1 Å². The first-order valence-corrected chi connectivity index (χ1v) is 9.50. The molecule has 0 spiro atoms. The van der Waals surface area contributed by atoms with Gasteiger partial charge < -0.3 is 5.32 Å². The molecule has 3 rings (SSSR count). The minimum absolute atomic E-state index is 0.0744. The quantitative estimate of drug-likeness (QED) is 0.824. The number of aromatic nitrogens is 3. The highest BCUT2D eigenvalue weighted by Crippen LogP contribution is 2.30. The average molecular weight is 381 g/mol. The number of nitrogens with one attached hydrogen (secondary N) is 1. The van der Waals surface area contributed by atoms with Gasteiger partial charge in [-0.05, 0) is 12.8 Å². The third-order valence-corrected chi connectivity index (χ3v) is 5.35. The molecular formula is C17H21F2N5OS. The van der Waals surface area contributed by atoms with Crippen molar-refractivity contribution in [3.63, 3.8) is 0 Å². The van der Waals surface area contributed by atoms with Crippen LogP contribution < -0.4 is 10.2 Å². The second-order valence-electron chi connectivity index (χ2n) is 6.31. The maximum Gasteiger partial charge on any atom is 0.255 e. The third-order valence-electron chi connectivity index (χ3n) is 4.43. The molecule has 140 valence electrons. The summed E-state index contributed by atoms with van der Waals surface area (Å²) in [6.45, 7) is -0.475. The summed E-state index contributed by atoms with van der Waals surface area (Å²) < 4.78 is 24.6. The first-order chi connectivity index (χ1) is 12.5. The summed E-state index contributed by atoms with van der Waals surface area (Å²) in [5.74, 6) is 0.495. The number of anilines is 2. The number of alkyl halides is 2. The molecule has 1 saturated carbocycles. The molecule has 1 N–H and O–H groups in total. The molecule has 1 aliphatic carbocycles. The van der Waals surface area contributed by atoms with Crippen molar-refractivity contribution in [3.05, 3.63) is 17.8 Å². The van der Waals surface area contributed by atoms with Crippen LogP contribution in [0.25, 0.3) is 11.4 Å². The van der Waals surface area contributed by atoms with Crippen molar-refractivity contribution < 1.29 is 13.6 Å². The Morgan fingerprint density at radius 1 is 1.31 bits per heavy atom.